The zero-order valence-corrected chi connectivity index (χ0v) is 10.4. The maximum Gasteiger partial charge on any atom is 0.335 e. The molecule has 1 heterocycles. The number of rotatable bonds is 6. The fourth-order valence-electron chi connectivity index (χ4n) is 1.48. The molecule has 0 aliphatic carbocycles. The van der Waals surface area contributed by atoms with Gasteiger partial charge in [-0.25, -0.2) is 4.79 Å². The number of hydrogen-bond acceptors (Lipinski definition) is 5. The number of carbonyl (C=O) groups excluding carboxylic acids is 3. The van der Waals surface area contributed by atoms with Crippen molar-refractivity contribution in [1.29, 1.82) is 0 Å². The van der Waals surface area contributed by atoms with Crippen molar-refractivity contribution in [2.45, 2.75) is 25.9 Å². The third-order valence-electron chi connectivity index (χ3n) is 2.36. The quantitative estimate of drug-likeness (QED) is 0.594. The first-order valence-corrected chi connectivity index (χ1v) is 5.95. The minimum Gasteiger partial charge on any atom is -0.454 e. The Morgan fingerprint density at radius 2 is 2.06 bits per heavy atom. The zero-order chi connectivity index (χ0) is 13.4. The highest BCUT2D eigenvalue weighted by atomic mass is 16.6. The molecule has 1 atom stereocenters. The van der Waals surface area contributed by atoms with Gasteiger partial charge in [0.05, 0.1) is 6.54 Å². The topological polar surface area (TPSA) is 93.7 Å². The van der Waals surface area contributed by atoms with E-state index in [1.165, 1.54) is 0 Å². The van der Waals surface area contributed by atoms with Crippen LogP contribution in [0.1, 0.15) is 19.8 Å². The molecule has 1 aliphatic rings. The van der Waals surface area contributed by atoms with Gasteiger partial charge < -0.3 is 20.1 Å². The lowest BCUT2D eigenvalue weighted by Gasteiger charge is -2.09. The lowest BCUT2D eigenvalue weighted by molar-refractivity contribution is -0.157. The van der Waals surface area contributed by atoms with E-state index >= 15 is 0 Å². The van der Waals surface area contributed by atoms with Crippen LogP contribution < -0.4 is 10.6 Å². The van der Waals surface area contributed by atoms with Crippen LogP contribution >= 0.6 is 0 Å². The number of esters is 1. The molecule has 1 fully saturated rings. The summed E-state index contributed by atoms with van der Waals surface area (Å²) < 4.78 is 9.88. The highest BCUT2D eigenvalue weighted by molar-refractivity contribution is 5.86. The molecule has 102 valence electrons. The van der Waals surface area contributed by atoms with Gasteiger partial charge in [0.25, 0.3) is 5.91 Å². The molecule has 0 unspecified atom stereocenters. The van der Waals surface area contributed by atoms with Crippen molar-refractivity contribution in [2.75, 3.05) is 26.3 Å². The Morgan fingerprint density at radius 1 is 1.28 bits per heavy atom. The van der Waals surface area contributed by atoms with Gasteiger partial charge in [0.15, 0.2) is 12.7 Å². The van der Waals surface area contributed by atoms with E-state index in [1.807, 2.05) is 0 Å². The van der Waals surface area contributed by atoms with Crippen LogP contribution in [0.25, 0.3) is 0 Å². The first-order chi connectivity index (χ1) is 8.63. The van der Waals surface area contributed by atoms with Crippen molar-refractivity contribution >= 4 is 17.8 Å². The van der Waals surface area contributed by atoms with Crippen molar-refractivity contribution in [3.8, 4) is 0 Å². The van der Waals surface area contributed by atoms with E-state index in [1.54, 1.807) is 6.92 Å². The second-order valence-electron chi connectivity index (χ2n) is 3.84. The third-order valence-corrected chi connectivity index (χ3v) is 2.36. The summed E-state index contributed by atoms with van der Waals surface area (Å²) in [5, 5.41) is 4.87. The van der Waals surface area contributed by atoms with Crippen LogP contribution in [0.2, 0.25) is 0 Å². The lowest BCUT2D eigenvalue weighted by atomic mass is 10.2. The normalized spacial score (nSPS) is 18.2. The number of likely N-dealkylation sites (N-methyl/N-ethyl adjacent to an activating group) is 1. The molecular weight excluding hydrogens is 240 g/mol. The van der Waals surface area contributed by atoms with E-state index in [0.717, 1.165) is 6.42 Å². The second kappa shape index (κ2) is 7.65. The summed E-state index contributed by atoms with van der Waals surface area (Å²) >= 11 is 0. The van der Waals surface area contributed by atoms with Crippen LogP contribution in [0, 0.1) is 0 Å². The molecule has 0 spiro atoms. The van der Waals surface area contributed by atoms with E-state index < -0.39 is 24.6 Å². The predicted molar refractivity (Wildman–Crippen MR) is 61.6 cm³/mol. The fraction of sp³-hybridized carbons (Fsp3) is 0.727. The lowest BCUT2D eigenvalue weighted by Crippen LogP contribution is -2.39. The molecule has 0 radical (unpaired) electrons. The summed E-state index contributed by atoms with van der Waals surface area (Å²) in [7, 11) is 0. The Hall–Kier alpha value is -1.63. The average molecular weight is 258 g/mol. The van der Waals surface area contributed by atoms with Gasteiger partial charge in [-0.15, -0.1) is 0 Å². The Morgan fingerprint density at radius 3 is 2.67 bits per heavy atom. The van der Waals surface area contributed by atoms with Crippen molar-refractivity contribution in [3.05, 3.63) is 0 Å². The van der Waals surface area contributed by atoms with E-state index in [0.29, 0.717) is 19.6 Å². The summed E-state index contributed by atoms with van der Waals surface area (Å²) in [5.74, 6) is -1.32. The Labute approximate surface area is 105 Å². The molecule has 0 aromatic carbocycles. The van der Waals surface area contributed by atoms with Crippen molar-refractivity contribution in [3.63, 3.8) is 0 Å². The molecule has 7 heteroatoms. The van der Waals surface area contributed by atoms with Crippen molar-refractivity contribution < 1.29 is 23.9 Å². The summed E-state index contributed by atoms with van der Waals surface area (Å²) in [6.07, 6.45) is 0.892. The summed E-state index contributed by atoms with van der Waals surface area (Å²) in [4.78, 5) is 33.7. The molecule has 7 nitrogen and oxygen atoms in total. The van der Waals surface area contributed by atoms with Crippen LogP contribution in [0.5, 0.6) is 0 Å². The molecule has 2 amide bonds. The Bertz CT molecular complexity index is 313. The second-order valence-corrected chi connectivity index (χ2v) is 3.84. The van der Waals surface area contributed by atoms with E-state index in [2.05, 4.69) is 10.6 Å². The Balaban J connectivity index is 2.12. The minimum atomic E-state index is -0.554. The predicted octanol–water partition coefficient (Wildman–Crippen LogP) is -1.04. The summed E-state index contributed by atoms with van der Waals surface area (Å²) in [5.41, 5.74) is 0. The molecule has 0 bridgehead atoms. The summed E-state index contributed by atoms with van der Waals surface area (Å²) in [6, 6.07) is 0. The number of amides is 2. The standard InChI is InChI=1S/C11H18N2O5/c1-2-12-9(14)6-13-10(15)7-18-11(16)8-4-3-5-17-8/h8H,2-7H2,1H3,(H,12,14)(H,13,15)/t8-/m0/s1. The van der Waals surface area contributed by atoms with Gasteiger partial charge in [-0.3, -0.25) is 9.59 Å². The minimum absolute atomic E-state index is 0.121. The monoisotopic (exact) mass is 258 g/mol. The van der Waals surface area contributed by atoms with Gasteiger partial charge in [0, 0.05) is 13.2 Å². The molecule has 2 N–H and O–H groups in total. The van der Waals surface area contributed by atoms with Gasteiger partial charge >= 0.3 is 5.97 Å². The molecule has 18 heavy (non-hydrogen) atoms. The van der Waals surface area contributed by atoms with E-state index in [9.17, 15) is 14.4 Å². The molecule has 0 aromatic rings. The van der Waals surface area contributed by atoms with Crippen molar-refractivity contribution in [2.24, 2.45) is 0 Å². The van der Waals surface area contributed by atoms with Gasteiger partial charge in [-0.05, 0) is 19.8 Å². The van der Waals surface area contributed by atoms with Gasteiger partial charge in [-0.2, -0.15) is 0 Å². The maximum absolute atomic E-state index is 11.4. The van der Waals surface area contributed by atoms with Crippen LogP contribution in [-0.4, -0.2) is 50.2 Å². The van der Waals surface area contributed by atoms with Gasteiger partial charge in [-0.1, -0.05) is 0 Å². The smallest absolute Gasteiger partial charge is 0.335 e. The SMILES string of the molecule is CCNC(=O)CNC(=O)COC(=O)[C@@H]1CCCO1. The number of ether oxygens (including phenoxy) is 2. The third kappa shape index (κ3) is 5.13. The first kappa shape index (κ1) is 14.4. The summed E-state index contributed by atoms with van der Waals surface area (Å²) in [6.45, 7) is 2.32. The Kier molecular flexibility index (Phi) is 6.13. The fourth-order valence-corrected chi connectivity index (χ4v) is 1.48. The molecular formula is C11H18N2O5. The molecule has 0 saturated carbocycles. The van der Waals surface area contributed by atoms with E-state index in [-0.39, 0.29) is 12.5 Å². The average Bonchev–Trinajstić information content (AvgIpc) is 2.87. The maximum atomic E-state index is 11.4. The molecule has 1 aliphatic heterocycles. The van der Waals surface area contributed by atoms with Gasteiger partial charge in [0.1, 0.15) is 0 Å². The van der Waals surface area contributed by atoms with Crippen LogP contribution in [0.4, 0.5) is 0 Å². The van der Waals surface area contributed by atoms with E-state index in [4.69, 9.17) is 9.47 Å². The van der Waals surface area contributed by atoms with Crippen LogP contribution in [0.3, 0.4) is 0 Å². The first-order valence-electron chi connectivity index (χ1n) is 5.95. The number of carbonyl (C=O) groups is 3. The highest BCUT2D eigenvalue weighted by Crippen LogP contribution is 2.12. The number of nitrogens with one attached hydrogen (secondary N) is 2. The molecule has 1 rings (SSSR count). The molecule has 1 saturated heterocycles. The van der Waals surface area contributed by atoms with Crippen molar-refractivity contribution in [1.82, 2.24) is 10.6 Å². The molecule has 0 aromatic heterocycles. The van der Waals surface area contributed by atoms with Crippen LogP contribution in [-0.2, 0) is 23.9 Å². The number of hydrogen-bond donors (Lipinski definition) is 2. The van der Waals surface area contributed by atoms with Crippen LogP contribution in [0.15, 0.2) is 0 Å². The largest absolute Gasteiger partial charge is 0.454 e. The highest BCUT2D eigenvalue weighted by Gasteiger charge is 2.25. The zero-order valence-electron chi connectivity index (χ0n) is 10.4. The van der Waals surface area contributed by atoms with Gasteiger partial charge in [0.2, 0.25) is 5.91 Å².